The number of unbranched alkanes of at least 4 members (excludes halogenated alkanes) is 4. The van der Waals surface area contributed by atoms with Crippen LogP contribution in [0.1, 0.15) is 127 Å². The van der Waals surface area contributed by atoms with Crippen LogP contribution in [0.4, 0.5) is 5.69 Å². The number of aromatic hydroxyl groups is 5. The number of benzene rings is 6. The van der Waals surface area contributed by atoms with Gasteiger partial charge in [0.15, 0.2) is 0 Å². The Kier molecular flexibility index (Phi) is 13.2. The van der Waals surface area contributed by atoms with E-state index in [9.17, 15) is 30.3 Å². The molecule has 0 atom stereocenters. The van der Waals surface area contributed by atoms with Crippen molar-refractivity contribution in [1.29, 1.82) is 0 Å². The number of anilines is 1. The molecular weight excluding hydrogens is 863 g/mol. The van der Waals surface area contributed by atoms with Gasteiger partial charge < -0.3 is 35.6 Å². The number of nitrogens with one attached hydrogen (secondary N) is 1. The van der Waals surface area contributed by atoms with Gasteiger partial charge in [-0.05, 0) is 103 Å². The molecule has 1 aliphatic rings. The Morgan fingerprint density at radius 1 is 0.478 bits per heavy atom. The van der Waals surface area contributed by atoms with Crippen molar-refractivity contribution in [3.63, 3.8) is 0 Å². The molecule has 9 rings (SSSR count). The summed E-state index contributed by atoms with van der Waals surface area (Å²) < 4.78 is 6.05. The summed E-state index contributed by atoms with van der Waals surface area (Å²) in [6.45, 7) is 10.5. The third kappa shape index (κ3) is 10.0. The van der Waals surface area contributed by atoms with E-state index in [2.05, 4.69) is 12.2 Å². The number of aryl methyl sites for hydroxylation is 4. The van der Waals surface area contributed by atoms with Crippen molar-refractivity contribution in [2.45, 2.75) is 98.8 Å². The molecule has 0 saturated heterocycles. The molecule has 0 spiro atoms. The first-order chi connectivity index (χ1) is 33.2. The number of phenolic OH excluding ortho intramolecular Hbond substituents is 5. The average Bonchev–Trinajstić information content (AvgIpc) is 3.31. The van der Waals surface area contributed by atoms with Gasteiger partial charge in [-0.25, -0.2) is 9.97 Å². The summed E-state index contributed by atoms with van der Waals surface area (Å²) in [5, 5.41) is 64.4. The summed E-state index contributed by atoms with van der Waals surface area (Å²) in [6.07, 6.45) is 6.52. The Hall–Kier alpha value is -7.59. The average molecular weight is 922 g/mol. The Morgan fingerprint density at radius 3 is 1.23 bits per heavy atom. The molecule has 0 unspecified atom stereocenters. The van der Waals surface area contributed by atoms with Gasteiger partial charge in [-0.3, -0.25) is 4.79 Å². The molecule has 0 fully saturated rings. The second-order valence-electron chi connectivity index (χ2n) is 19.0. The number of hydrogen-bond donors (Lipinski definition) is 6. The van der Waals surface area contributed by atoms with E-state index in [0.29, 0.717) is 84.8 Å². The zero-order chi connectivity index (χ0) is 48.5. The summed E-state index contributed by atoms with van der Waals surface area (Å²) in [6, 6.07) is 29.8. The molecule has 1 amide bonds. The largest absolute Gasteiger partial charge is 0.507 e. The van der Waals surface area contributed by atoms with Crippen molar-refractivity contribution >= 4 is 33.4 Å². The molecule has 8 aromatic rings. The maximum absolute atomic E-state index is 14.3. The fourth-order valence-electron chi connectivity index (χ4n) is 9.98. The number of amides is 1. The monoisotopic (exact) mass is 921 g/mol. The molecule has 69 heavy (non-hydrogen) atoms. The predicted octanol–water partition coefficient (Wildman–Crippen LogP) is 12.4. The van der Waals surface area contributed by atoms with Crippen LogP contribution in [0.15, 0.2) is 97.1 Å². The number of ether oxygens (including phenoxy) is 1. The summed E-state index contributed by atoms with van der Waals surface area (Å²) in [7, 11) is 0. The van der Waals surface area contributed by atoms with Crippen molar-refractivity contribution in [2.24, 2.45) is 0 Å². The SMILES string of the molecule is CCCCCCCOc1ccc2ccc3ccc(C(=O)Nc4cc5c(O)c(c4)Cc4cc(C)cc(c4O)Cc4cc(C)cc(c4O)Cc4cc(C)cc(c4O)Cc4cc(C)cc(c4O)C5)nc3c2n1. The quantitative estimate of drug-likeness (QED) is 0.0469. The van der Waals surface area contributed by atoms with E-state index in [1.807, 2.05) is 107 Å². The fraction of sp³-hybridized carbons (Fsp3) is 0.271. The molecule has 352 valence electrons. The smallest absolute Gasteiger partial charge is 0.274 e. The minimum absolute atomic E-state index is 0.0246. The number of phenols is 5. The number of carbonyl (C=O) groups excluding carboxylic acids is 1. The van der Waals surface area contributed by atoms with E-state index in [4.69, 9.17) is 14.7 Å². The highest BCUT2D eigenvalue weighted by Gasteiger charge is 2.23. The zero-order valence-corrected chi connectivity index (χ0v) is 40.0. The first-order valence-corrected chi connectivity index (χ1v) is 24.0. The molecule has 10 nitrogen and oxygen atoms in total. The highest BCUT2D eigenvalue weighted by atomic mass is 16.5. The standard InChI is InChI=1S/C59H59N3O7/c1-6-7-8-9-10-17-69-51-16-14-38-12-11-37-13-15-50(61-52(37)53(38)62-51)59(68)60-49-31-47-29-45-24-35(4)22-43(56(45)65)27-41-20-33(2)18-39(54(41)63)26-40-19-34(3)21-42(55(40)64)28-44-23-36(5)25-46(57(44)66)30-48(32-49)58(47)67/h11-16,18-25,31-32,63-67H,6-10,17,26-30H2,1-5H3,(H,60,68). The Labute approximate surface area is 403 Å². The Balaban J connectivity index is 1.12. The molecule has 6 N–H and O–H groups in total. The van der Waals surface area contributed by atoms with Crippen molar-refractivity contribution in [3.8, 4) is 34.6 Å². The van der Waals surface area contributed by atoms with E-state index in [-0.39, 0.29) is 66.5 Å². The molecule has 6 aromatic carbocycles. The number of aromatic nitrogens is 2. The van der Waals surface area contributed by atoms with Crippen LogP contribution >= 0.6 is 0 Å². The van der Waals surface area contributed by atoms with Crippen molar-refractivity contribution in [3.05, 3.63) is 181 Å². The van der Waals surface area contributed by atoms with Crippen LogP contribution < -0.4 is 10.1 Å². The van der Waals surface area contributed by atoms with Crippen LogP contribution in [0.5, 0.6) is 34.6 Å². The molecule has 10 heteroatoms. The van der Waals surface area contributed by atoms with E-state index in [1.165, 1.54) is 19.3 Å². The van der Waals surface area contributed by atoms with Crippen molar-refractivity contribution in [2.75, 3.05) is 11.9 Å². The zero-order valence-electron chi connectivity index (χ0n) is 40.0. The van der Waals surface area contributed by atoms with Crippen LogP contribution in [0.25, 0.3) is 21.8 Å². The van der Waals surface area contributed by atoms with Gasteiger partial charge in [-0.15, -0.1) is 0 Å². The highest BCUT2D eigenvalue weighted by Crippen LogP contribution is 2.40. The van der Waals surface area contributed by atoms with Gasteiger partial charge in [0, 0.05) is 65.8 Å². The third-order valence-electron chi connectivity index (χ3n) is 13.3. The van der Waals surface area contributed by atoms with Gasteiger partial charge in [0.25, 0.3) is 5.91 Å². The number of hydrogen-bond acceptors (Lipinski definition) is 9. The van der Waals surface area contributed by atoms with Crippen molar-refractivity contribution in [1.82, 2.24) is 9.97 Å². The van der Waals surface area contributed by atoms with E-state index in [1.54, 1.807) is 18.2 Å². The molecular formula is C59H59N3O7. The highest BCUT2D eigenvalue weighted by molar-refractivity contribution is 6.08. The predicted molar refractivity (Wildman–Crippen MR) is 273 cm³/mol. The Bertz CT molecular complexity index is 3170. The minimum atomic E-state index is -0.478. The molecule has 2 heterocycles. The van der Waals surface area contributed by atoms with Gasteiger partial charge in [0.05, 0.1) is 12.1 Å². The number of carbonyl (C=O) groups is 1. The number of fused-ring (bicyclic) bond motifs is 13. The molecule has 10 bridgehead atoms. The molecule has 0 aliphatic heterocycles. The first kappa shape index (κ1) is 46.5. The van der Waals surface area contributed by atoms with Crippen LogP contribution in [0.3, 0.4) is 0 Å². The second-order valence-corrected chi connectivity index (χ2v) is 19.0. The van der Waals surface area contributed by atoms with Gasteiger partial charge in [0.1, 0.15) is 40.0 Å². The van der Waals surface area contributed by atoms with Crippen LogP contribution in [0.2, 0.25) is 0 Å². The first-order valence-electron chi connectivity index (χ1n) is 24.0. The summed E-state index contributed by atoms with van der Waals surface area (Å²) in [5.41, 5.74) is 11.0. The maximum atomic E-state index is 14.3. The van der Waals surface area contributed by atoms with Crippen molar-refractivity contribution < 1.29 is 35.1 Å². The lowest BCUT2D eigenvalue weighted by molar-refractivity contribution is 0.102. The molecule has 0 radical (unpaired) electrons. The Morgan fingerprint density at radius 2 is 0.826 bits per heavy atom. The maximum Gasteiger partial charge on any atom is 0.274 e. The molecule has 1 aliphatic carbocycles. The topological polar surface area (TPSA) is 165 Å². The third-order valence-corrected chi connectivity index (χ3v) is 13.3. The van der Waals surface area contributed by atoms with Gasteiger partial charge in [-0.2, -0.15) is 0 Å². The van der Waals surface area contributed by atoms with Crippen LogP contribution in [-0.2, 0) is 32.1 Å². The second kappa shape index (κ2) is 19.6. The lowest BCUT2D eigenvalue weighted by atomic mass is 9.89. The van der Waals surface area contributed by atoms with Gasteiger partial charge in [0.2, 0.25) is 5.88 Å². The number of nitrogens with zero attached hydrogens (tertiary/aromatic N) is 2. The fourth-order valence-corrected chi connectivity index (χ4v) is 9.98. The minimum Gasteiger partial charge on any atom is -0.507 e. The lowest BCUT2D eigenvalue weighted by Gasteiger charge is -2.19. The van der Waals surface area contributed by atoms with Gasteiger partial charge in [-0.1, -0.05) is 122 Å². The summed E-state index contributed by atoms with van der Waals surface area (Å²) in [5.74, 6) is 0.193. The van der Waals surface area contributed by atoms with E-state index < -0.39 is 5.91 Å². The van der Waals surface area contributed by atoms with E-state index >= 15 is 0 Å². The lowest BCUT2D eigenvalue weighted by Crippen LogP contribution is -2.14. The summed E-state index contributed by atoms with van der Waals surface area (Å²) >= 11 is 0. The normalized spacial score (nSPS) is 12.5. The van der Waals surface area contributed by atoms with Crippen LogP contribution in [0, 0.1) is 27.7 Å². The number of rotatable bonds is 9. The summed E-state index contributed by atoms with van der Waals surface area (Å²) in [4.78, 5) is 24.0. The van der Waals surface area contributed by atoms with E-state index in [0.717, 1.165) is 45.9 Å². The van der Waals surface area contributed by atoms with Gasteiger partial charge >= 0.3 is 0 Å². The van der Waals surface area contributed by atoms with Crippen LogP contribution in [-0.4, -0.2) is 48.0 Å². The number of pyridine rings is 2. The molecule has 0 saturated carbocycles. The molecule has 2 aromatic heterocycles.